The van der Waals surface area contributed by atoms with E-state index in [0.717, 1.165) is 0 Å². The average molecular weight is 292 g/mol. The van der Waals surface area contributed by atoms with E-state index in [1.54, 1.807) is 36.4 Å². The van der Waals surface area contributed by atoms with Gasteiger partial charge >= 0.3 is 0 Å². The molecule has 20 heavy (non-hydrogen) atoms. The van der Waals surface area contributed by atoms with Crippen molar-refractivity contribution in [1.29, 1.82) is 0 Å². The Labute approximate surface area is 121 Å². The van der Waals surface area contributed by atoms with E-state index >= 15 is 0 Å². The number of amides is 1. The zero-order chi connectivity index (χ0) is 14.4. The van der Waals surface area contributed by atoms with Crippen molar-refractivity contribution in [1.82, 2.24) is 4.98 Å². The summed E-state index contributed by atoms with van der Waals surface area (Å²) in [7, 11) is 0. The van der Waals surface area contributed by atoms with Gasteiger partial charge in [-0.25, -0.2) is 4.98 Å². The van der Waals surface area contributed by atoms with Gasteiger partial charge in [-0.15, -0.1) is 0 Å². The first-order chi connectivity index (χ1) is 9.63. The Morgan fingerprint density at radius 1 is 1.30 bits per heavy atom. The maximum atomic E-state index is 11.7. The summed E-state index contributed by atoms with van der Waals surface area (Å²) < 4.78 is 5.44. The van der Waals surface area contributed by atoms with Crippen LogP contribution in [0.25, 0.3) is 0 Å². The van der Waals surface area contributed by atoms with Gasteiger partial charge in [-0.3, -0.25) is 4.79 Å². The summed E-state index contributed by atoms with van der Waals surface area (Å²) in [6.45, 7) is 0.286. The molecule has 2 aromatic rings. The van der Waals surface area contributed by atoms with Crippen LogP contribution in [0.1, 0.15) is 6.42 Å². The highest BCUT2D eigenvalue weighted by molar-refractivity contribution is 6.29. The molecule has 0 aliphatic carbocycles. The molecule has 104 valence electrons. The van der Waals surface area contributed by atoms with E-state index in [0.29, 0.717) is 22.3 Å². The summed E-state index contributed by atoms with van der Waals surface area (Å²) >= 11 is 5.73. The minimum Gasteiger partial charge on any atom is -0.493 e. The molecule has 6 heteroatoms. The van der Waals surface area contributed by atoms with Crippen molar-refractivity contribution in [3.8, 4) is 5.75 Å². The van der Waals surface area contributed by atoms with Crippen LogP contribution in [0.2, 0.25) is 5.15 Å². The average Bonchev–Trinajstić information content (AvgIpc) is 2.41. The van der Waals surface area contributed by atoms with Crippen LogP contribution in [0.15, 0.2) is 42.6 Å². The topological polar surface area (TPSA) is 77.2 Å². The van der Waals surface area contributed by atoms with Crippen LogP contribution in [0.5, 0.6) is 5.75 Å². The van der Waals surface area contributed by atoms with E-state index < -0.39 is 0 Å². The smallest absolute Gasteiger partial charge is 0.227 e. The van der Waals surface area contributed by atoms with Gasteiger partial charge in [0.2, 0.25) is 5.91 Å². The summed E-state index contributed by atoms with van der Waals surface area (Å²) in [5, 5.41) is 3.05. The number of nitrogen functional groups attached to an aromatic ring is 1. The number of halogens is 1. The van der Waals surface area contributed by atoms with Crippen molar-refractivity contribution in [3.63, 3.8) is 0 Å². The second kappa shape index (κ2) is 6.77. The molecule has 0 unspecified atom stereocenters. The van der Waals surface area contributed by atoms with Crippen LogP contribution in [0.4, 0.5) is 11.4 Å². The predicted octanol–water partition coefficient (Wildman–Crippen LogP) is 2.72. The number of hydrogen-bond donors (Lipinski definition) is 2. The molecule has 0 spiro atoms. The van der Waals surface area contributed by atoms with Crippen molar-refractivity contribution >= 4 is 28.9 Å². The maximum Gasteiger partial charge on any atom is 0.227 e. The fourth-order valence-electron chi connectivity index (χ4n) is 1.53. The van der Waals surface area contributed by atoms with Gasteiger partial charge in [0.05, 0.1) is 13.0 Å². The van der Waals surface area contributed by atoms with E-state index in [1.165, 1.54) is 6.20 Å². The van der Waals surface area contributed by atoms with Gasteiger partial charge in [0.1, 0.15) is 10.9 Å². The lowest BCUT2D eigenvalue weighted by Gasteiger charge is -2.07. The number of nitrogens with one attached hydrogen (secondary N) is 1. The molecule has 1 amide bonds. The lowest BCUT2D eigenvalue weighted by Crippen LogP contribution is -2.15. The largest absolute Gasteiger partial charge is 0.493 e. The number of hydrogen-bond acceptors (Lipinski definition) is 4. The molecule has 0 bridgehead atoms. The standard InChI is InChI=1S/C14H14ClN3O2/c15-13-9-11(5-7-17-13)18-14(19)6-8-20-12-3-1-10(16)2-4-12/h1-5,7,9H,6,8,16H2,(H,17,18,19). The van der Waals surface area contributed by atoms with E-state index in [9.17, 15) is 4.79 Å². The Bertz CT molecular complexity index is 587. The van der Waals surface area contributed by atoms with Crippen LogP contribution < -0.4 is 15.8 Å². The summed E-state index contributed by atoms with van der Waals surface area (Å²) in [6.07, 6.45) is 1.77. The zero-order valence-corrected chi connectivity index (χ0v) is 11.4. The minimum absolute atomic E-state index is 0.150. The number of aromatic nitrogens is 1. The summed E-state index contributed by atoms with van der Waals surface area (Å²) in [5.41, 5.74) is 6.85. The molecule has 0 saturated heterocycles. The van der Waals surface area contributed by atoms with Gasteiger partial charge in [0, 0.05) is 17.6 Å². The molecular weight excluding hydrogens is 278 g/mol. The molecule has 0 fully saturated rings. The van der Waals surface area contributed by atoms with Crippen LogP contribution in [-0.4, -0.2) is 17.5 Å². The summed E-state index contributed by atoms with van der Waals surface area (Å²) in [4.78, 5) is 15.5. The number of nitrogens with two attached hydrogens (primary N) is 1. The second-order valence-electron chi connectivity index (χ2n) is 4.08. The fraction of sp³-hybridized carbons (Fsp3) is 0.143. The van der Waals surface area contributed by atoms with Gasteiger partial charge in [0.25, 0.3) is 0 Å². The van der Waals surface area contributed by atoms with Crippen molar-refractivity contribution in [2.75, 3.05) is 17.7 Å². The Kier molecular flexibility index (Phi) is 4.79. The van der Waals surface area contributed by atoms with Crippen LogP contribution >= 0.6 is 11.6 Å². The number of nitrogens with zero attached hydrogens (tertiary/aromatic N) is 1. The number of rotatable bonds is 5. The molecule has 0 aliphatic rings. The number of ether oxygens (including phenoxy) is 1. The van der Waals surface area contributed by atoms with Gasteiger partial charge in [0.15, 0.2) is 0 Å². The third-order valence-electron chi connectivity index (χ3n) is 2.49. The molecule has 1 aromatic heterocycles. The molecule has 0 radical (unpaired) electrons. The molecule has 0 aliphatic heterocycles. The monoisotopic (exact) mass is 291 g/mol. The number of carbonyl (C=O) groups is 1. The Balaban J connectivity index is 1.76. The molecule has 2 rings (SSSR count). The Hall–Kier alpha value is -2.27. The summed E-state index contributed by atoms with van der Waals surface area (Å²) in [5.74, 6) is 0.529. The maximum absolute atomic E-state index is 11.7. The number of benzene rings is 1. The van der Waals surface area contributed by atoms with E-state index in [-0.39, 0.29) is 18.9 Å². The second-order valence-corrected chi connectivity index (χ2v) is 4.47. The SMILES string of the molecule is Nc1ccc(OCCC(=O)Nc2ccnc(Cl)c2)cc1. The lowest BCUT2D eigenvalue weighted by molar-refractivity contribution is -0.116. The summed E-state index contributed by atoms with van der Waals surface area (Å²) in [6, 6.07) is 10.3. The van der Waals surface area contributed by atoms with E-state index in [1.807, 2.05) is 0 Å². The highest BCUT2D eigenvalue weighted by Crippen LogP contribution is 2.14. The van der Waals surface area contributed by atoms with Crippen LogP contribution in [0.3, 0.4) is 0 Å². The normalized spacial score (nSPS) is 10.1. The first kappa shape index (κ1) is 14.1. The number of pyridine rings is 1. The quantitative estimate of drug-likeness (QED) is 0.656. The van der Waals surface area contributed by atoms with Crippen LogP contribution in [-0.2, 0) is 4.79 Å². The highest BCUT2D eigenvalue weighted by Gasteiger charge is 2.03. The lowest BCUT2D eigenvalue weighted by atomic mass is 10.3. The number of anilines is 2. The molecule has 3 N–H and O–H groups in total. The fourth-order valence-corrected chi connectivity index (χ4v) is 1.70. The van der Waals surface area contributed by atoms with Crippen molar-refractivity contribution in [3.05, 3.63) is 47.7 Å². The molecule has 1 aromatic carbocycles. The van der Waals surface area contributed by atoms with Gasteiger partial charge in [-0.2, -0.15) is 0 Å². The van der Waals surface area contributed by atoms with Gasteiger partial charge in [-0.05, 0) is 36.4 Å². The van der Waals surface area contributed by atoms with Gasteiger partial charge < -0.3 is 15.8 Å². The minimum atomic E-state index is -0.150. The molecule has 0 saturated carbocycles. The molecule has 1 heterocycles. The van der Waals surface area contributed by atoms with E-state index in [2.05, 4.69) is 10.3 Å². The van der Waals surface area contributed by atoms with Gasteiger partial charge in [-0.1, -0.05) is 11.6 Å². The molecular formula is C14H14ClN3O2. The van der Waals surface area contributed by atoms with Crippen LogP contribution in [0, 0.1) is 0 Å². The first-order valence-corrected chi connectivity index (χ1v) is 6.41. The van der Waals surface area contributed by atoms with Crippen molar-refractivity contribution in [2.24, 2.45) is 0 Å². The highest BCUT2D eigenvalue weighted by atomic mass is 35.5. The zero-order valence-electron chi connectivity index (χ0n) is 10.7. The van der Waals surface area contributed by atoms with E-state index in [4.69, 9.17) is 22.1 Å². The third kappa shape index (κ3) is 4.44. The number of carbonyl (C=O) groups excluding carboxylic acids is 1. The first-order valence-electron chi connectivity index (χ1n) is 6.03. The predicted molar refractivity (Wildman–Crippen MR) is 78.8 cm³/mol. The Morgan fingerprint density at radius 2 is 2.05 bits per heavy atom. The molecule has 5 nitrogen and oxygen atoms in total. The third-order valence-corrected chi connectivity index (χ3v) is 2.69. The van der Waals surface area contributed by atoms with Crippen molar-refractivity contribution in [2.45, 2.75) is 6.42 Å². The molecule has 0 atom stereocenters. The van der Waals surface area contributed by atoms with Crippen molar-refractivity contribution < 1.29 is 9.53 Å². The Morgan fingerprint density at radius 3 is 2.75 bits per heavy atom.